The summed E-state index contributed by atoms with van der Waals surface area (Å²) in [5.74, 6) is -3.04. The first kappa shape index (κ1) is 28.9. The SMILES string of the molecule is CC(C)(C)OC(=O)CCC(C(N)=O)N1Cc2cc(C(=O)NC(c3ncccc3Cl)C(F)(F)F)ccc2C1=O. The number of carbonyl (C=O) groups is 4. The number of nitrogens with two attached hydrogens (primary N) is 1. The first-order chi connectivity index (χ1) is 17.6. The normalized spacial score (nSPS) is 15.0. The highest BCUT2D eigenvalue weighted by molar-refractivity contribution is 6.31. The summed E-state index contributed by atoms with van der Waals surface area (Å²) in [6.07, 6.45) is -4.03. The fourth-order valence-electron chi connectivity index (χ4n) is 3.96. The van der Waals surface area contributed by atoms with E-state index < -0.39 is 53.2 Å². The second kappa shape index (κ2) is 11.0. The second-order valence-electron chi connectivity index (χ2n) is 9.67. The van der Waals surface area contributed by atoms with Crippen molar-refractivity contribution in [3.63, 3.8) is 0 Å². The van der Waals surface area contributed by atoms with Gasteiger partial charge in [-0.3, -0.25) is 24.2 Å². The first-order valence-electron chi connectivity index (χ1n) is 11.5. The molecule has 0 aliphatic carbocycles. The van der Waals surface area contributed by atoms with Crippen LogP contribution in [-0.2, 0) is 20.9 Å². The van der Waals surface area contributed by atoms with Gasteiger partial charge in [0, 0.05) is 30.3 Å². The van der Waals surface area contributed by atoms with Crippen LogP contribution in [0, 0.1) is 0 Å². The number of hydrogen-bond acceptors (Lipinski definition) is 6. The van der Waals surface area contributed by atoms with Gasteiger partial charge in [-0.25, -0.2) is 0 Å². The lowest BCUT2D eigenvalue weighted by Crippen LogP contribution is -2.45. The van der Waals surface area contributed by atoms with E-state index in [1.807, 2.05) is 5.32 Å². The number of halogens is 4. The number of amides is 3. The van der Waals surface area contributed by atoms with E-state index in [0.717, 1.165) is 11.1 Å². The third-order valence-electron chi connectivity index (χ3n) is 5.61. The Hall–Kier alpha value is -3.67. The summed E-state index contributed by atoms with van der Waals surface area (Å²) in [6.45, 7) is 4.93. The molecule has 0 saturated heterocycles. The van der Waals surface area contributed by atoms with Crippen molar-refractivity contribution in [3.05, 3.63) is 63.9 Å². The van der Waals surface area contributed by atoms with E-state index in [0.29, 0.717) is 5.56 Å². The zero-order chi connectivity index (χ0) is 28.4. The Balaban J connectivity index is 1.78. The third-order valence-corrected chi connectivity index (χ3v) is 5.93. The molecule has 1 aromatic carbocycles. The molecule has 0 radical (unpaired) electrons. The van der Waals surface area contributed by atoms with Gasteiger partial charge in [0.25, 0.3) is 11.8 Å². The number of aromatic nitrogens is 1. The molecule has 1 aliphatic rings. The molecule has 2 atom stereocenters. The van der Waals surface area contributed by atoms with Crippen molar-refractivity contribution in [1.82, 2.24) is 15.2 Å². The molecule has 3 N–H and O–H groups in total. The molecule has 0 bridgehead atoms. The molecule has 3 amide bonds. The molecule has 9 nitrogen and oxygen atoms in total. The van der Waals surface area contributed by atoms with Crippen LogP contribution in [0.4, 0.5) is 13.2 Å². The minimum atomic E-state index is -4.89. The van der Waals surface area contributed by atoms with Crippen molar-refractivity contribution >= 4 is 35.3 Å². The Morgan fingerprint density at radius 2 is 1.89 bits per heavy atom. The molecule has 2 aromatic rings. The summed E-state index contributed by atoms with van der Waals surface area (Å²) in [7, 11) is 0. The lowest BCUT2D eigenvalue weighted by molar-refractivity contribution is -0.156. The van der Waals surface area contributed by atoms with Gasteiger partial charge < -0.3 is 20.7 Å². The number of nitrogens with zero attached hydrogens (tertiary/aromatic N) is 2. The third kappa shape index (κ3) is 6.80. The molecule has 13 heteroatoms. The Morgan fingerprint density at radius 3 is 2.47 bits per heavy atom. The summed E-state index contributed by atoms with van der Waals surface area (Å²) in [6, 6.07) is 2.72. The molecule has 1 aromatic heterocycles. The molecule has 38 heavy (non-hydrogen) atoms. The zero-order valence-corrected chi connectivity index (χ0v) is 21.5. The van der Waals surface area contributed by atoms with Crippen LogP contribution in [0.2, 0.25) is 5.02 Å². The van der Waals surface area contributed by atoms with Crippen molar-refractivity contribution < 1.29 is 37.1 Å². The molecule has 204 valence electrons. The van der Waals surface area contributed by atoms with E-state index in [1.165, 1.54) is 30.3 Å². The highest BCUT2D eigenvalue weighted by atomic mass is 35.5. The fourth-order valence-corrected chi connectivity index (χ4v) is 4.20. The van der Waals surface area contributed by atoms with Crippen LogP contribution < -0.4 is 11.1 Å². The molecular weight excluding hydrogens is 529 g/mol. The number of benzene rings is 1. The lowest BCUT2D eigenvalue weighted by Gasteiger charge is -2.25. The van der Waals surface area contributed by atoms with Crippen molar-refractivity contribution in [3.8, 4) is 0 Å². The van der Waals surface area contributed by atoms with Gasteiger partial charge in [-0.15, -0.1) is 0 Å². The maximum absolute atomic E-state index is 13.7. The predicted octanol–water partition coefficient (Wildman–Crippen LogP) is 3.70. The highest BCUT2D eigenvalue weighted by Crippen LogP contribution is 2.35. The van der Waals surface area contributed by atoms with E-state index in [2.05, 4.69) is 4.98 Å². The average Bonchev–Trinajstić information content (AvgIpc) is 3.11. The van der Waals surface area contributed by atoms with E-state index in [4.69, 9.17) is 22.1 Å². The van der Waals surface area contributed by atoms with Gasteiger partial charge in [-0.2, -0.15) is 13.2 Å². The van der Waals surface area contributed by atoms with Gasteiger partial charge in [0.05, 0.1) is 10.7 Å². The van der Waals surface area contributed by atoms with Crippen molar-refractivity contribution in [2.75, 3.05) is 0 Å². The number of esters is 1. The number of fused-ring (bicyclic) bond motifs is 1. The van der Waals surface area contributed by atoms with Crippen LogP contribution in [0.5, 0.6) is 0 Å². The topological polar surface area (TPSA) is 132 Å². The first-order valence-corrected chi connectivity index (χ1v) is 11.9. The molecule has 2 heterocycles. The van der Waals surface area contributed by atoms with Crippen molar-refractivity contribution in [1.29, 1.82) is 0 Å². The Kier molecular flexibility index (Phi) is 8.35. The van der Waals surface area contributed by atoms with E-state index in [1.54, 1.807) is 20.8 Å². The minimum Gasteiger partial charge on any atom is -0.460 e. The molecule has 0 saturated carbocycles. The van der Waals surface area contributed by atoms with Gasteiger partial charge in [0.15, 0.2) is 6.04 Å². The summed E-state index contributed by atoms with van der Waals surface area (Å²) < 4.78 is 46.4. The van der Waals surface area contributed by atoms with E-state index >= 15 is 0 Å². The van der Waals surface area contributed by atoms with Crippen LogP contribution >= 0.6 is 11.6 Å². The number of ether oxygens (including phenoxy) is 1. The summed E-state index contributed by atoms with van der Waals surface area (Å²) in [4.78, 5) is 54.8. The Morgan fingerprint density at radius 1 is 1.21 bits per heavy atom. The number of alkyl halides is 3. The zero-order valence-electron chi connectivity index (χ0n) is 20.8. The number of rotatable bonds is 8. The summed E-state index contributed by atoms with van der Waals surface area (Å²) in [5.41, 5.74) is 4.52. The predicted molar refractivity (Wildman–Crippen MR) is 130 cm³/mol. The molecule has 3 rings (SSSR count). The second-order valence-corrected chi connectivity index (χ2v) is 10.1. The van der Waals surface area contributed by atoms with Gasteiger partial charge in [-0.1, -0.05) is 11.6 Å². The number of pyridine rings is 1. The molecule has 1 aliphatic heterocycles. The average molecular weight is 555 g/mol. The number of hydrogen-bond donors (Lipinski definition) is 2. The van der Waals surface area contributed by atoms with Crippen LogP contribution in [0.15, 0.2) is 36.5 Å². The lowest BCUT2D eigenvalue weighted by atomic mass is 10.0. The number of primary amides is 1. The maximum atomic E-state index is 13.7. The van der Waals surface area contributed by atoms with E-state index in [-0.39, 0.29) is 35.5 Å². The summed E-state index contributed by atoms with van der Waals surface area (Å²) in [5, 5.41) is 1.63. The standard InChI is InChI=1S/C25H26ClF3N4O5/c1-24(2,3)38-18(34)9-8-17(21(30)35)33-12-14-11-13(6-7-15(14)23(33)37)22(36)32-20(25(27,28)29)19-16(26)5-4-10-31-19/h4-7,10-11,17,20H,8-9,12H2,1-3H3,(H2,30,35)(H,32,36). The van der Waals surface area contributed by atoms with Gasteiger partial charge in [-0.05, 0) is 63.1 Å². The highest BCUT2D eigenvalue weighted by Gasteiger charge is 2.44. The number of nitrogens with one attached hydrogen (secondary N) is 1. The quantitative estimate of drug-likeness (QED) is 0.478. The van der Waals surface area contributed by atoms with E-state index in [9.17, 15) is 32.3 Å². The largest absolute Gasteiger partial charge is 0.460 e. The van der Waals surface area contributed by atoms with Crippen LogP contribution in [0.25, 0.3) is 0 Å². The smallest absolute Gasteiger partial charge is 0.414 e. The maximum Gasteiger partial charge on any atom is 0.414 e. The molecular formula is C25H26ClF3N4O5. The minimum absolute atomic E-state index is 0.0879. The monoisotopic (exact) mass is 554 g/mol. The Bertz CT molecular complexity index is 1260. The van der Waals surface area contributed by atoms with Gasteiger partial charge >= 0.3 is 12.1 Å². The molecule has 0 fully saturated rings. The van der Waals surface area contributed by atoms with Crippen molar-refractivity contribution in [2.24, 2.45) is 5.73 Å². The molecule has 2 unspecified atom stereocenters. The fraction of sp³-hybridized carbons (Fsp3) is 0.400. The van der Waals surface area contributed by atoms with Crippen LogP contribution in [-0.4, -0.2) is 51.4 Å². The number of carbonyl (C=O) groups excluding carboxylic acids is 4. The van der Waals surface area contributed by atoms with Gasteiger partial charge in [0.1, 0.15) is 11.6 Å². The van der Waals surface area contributed by atoms with Crippen LogP contribution in [0.1, 0.15) is 71.6 Å². The van der Waals surface area contributed by atoms with Crippen molar-refractivity contribution in [2.45, 2.75) is 64.0 Å². The Labute approximate surface area is 221 Å². The van der Waals surface area contributed by atoms with Gasteiger partial charge in [0.2, 0.25) is 5.91 Å². The molecule has 0 spiro atoms. The summed E-state index contributed by atoms with van der Waals surface area (Å²) >= 11 is 5.87. The van der Waals surface area contributed by atoms with Crippen LogP contribution in [0.3, 0.4) is 0 Å².